The molecule has 2 heterocycles. The van der Waals surface area contributed by atoms with E-state index in [1.54, 1.807) is 0 Å². The van der Waals surface area contributed by atoms with Crippen molar-refractivity contribution in [1.82, 2.24) is 15.0 Å². The molecule has 4 aromatic rings. The van der Waals surface area contributed by atoms with Crippen LogP contribution >= 0.6 is 0 Å². The Morgan fingerprint density at radius 3 is 2.29 bits per heavy atom. The molecule has 0 unspecified atom stereocenters. The smallest absolute Gasteiger partial charge is 0.288 e. The van der Waals surface area contributed by atoms with Crippen LogP contribution in [0.25, 0.3) is 22.6 Å². The van der Waals surface area contributed by atoms with Crippen molar-refractivity contribution >= 4 is 11.6 Å². The number of rotatable bonds is 7. The quantitative estimate of drug-likeness (QED) is 0.379. The molecule has 1 N–H and O–H groups in total. The minimum Gasteiger partial charge on any atom is -0.486 e. The van der Waals surface area contributed by atoms with E-state index in [0.717, 1.165) is 22.6 Å². The van der Waals surface area contributed by atoms with Crippen molar-refractivity contribution in [2.45, 2.75) is 20.4 Å². The van der Waals surface area contributed by atoms with E-state index in [4.69, 9.17) is 14.5 Å². The van der Waals surface area contributed by atoms with Gasteiger partial charge in [-0.1, -0.05) is 48.5 Å². The molecular weight excluding hydrogens is 440 g/mol. The minimum absolute atomic E-state index is 0.225. The third-order valence-corrected chi connectivity index (χ3v) is 5.97. The highest BCUT2D eigenvalue weighted by molar-refractivity contribution is 6.00. The SMILES string of the molecule is CCN(NC(=O)c1c(-c2ccc3c(c2)OCCO3)nc(-c2ccccc2)n1CC)c1ccccc1. The van der Waals surface area contributed by atoms with Gasteiger partial charge in [0.15, 0.2) is 11.5 Å². The second-order valence-electron chi connectivity index (χ2n) is 8.12. The molecule has 7 nitrogen and oxygen atoms in total. The van der Waals surface area contributed by atoms with E-state index in [0.29, 0.717) is 49.2 Å². The van der Waals surface area contributed by atoms with Crippen LogP contribution in [0, 0.1) is 0 Å². The zero-order chi connectivity index (χ0) is 24.2. The van der Waals surface area contributed by atoms with E-state index >= 15 is 0 Å². The van der Waals surface area contributed by atoms with Crippen LogP contribution in [0.5, 0.6) is 11.5 Å². The summed E-state index contributed by atoms with van der Waals surface area (Å²) in [6.07, 6.45) is 0. The summed E-state index contributed by atoms with van der Waals surface area (Å²) in [5, 5.41) is 1.84. The molecule has 3 aromatic carbocycles. The van der Waals surface area contributed by atoms with Crippen molar-refractivity contribution < 1.29 is 14.3 Å². The first kappa shape index (κ1) is 22.5. The fourth-order valence-corrected chi connectivity index (χ4v) is 4.30. The van der Waals surface area contributed by atoms with Gasteiger partial charge in [-0.05, 0) is 44.2 Å². The molecule has 0 radical (unpaired) electrons. The van der Waals surface area contributed by atoms with E-state index in [9.17, 15) is 4.79 Å². The van der Waals surface area contributed by atoms with Crippen molar-refractivity contribution in [1.29, 1.82) is 0 Å². The first-order valence-electron chi connectivity index (χ1n) is 11.9. The first-order valence-corrected chi connectivity index (χ1v) is 11.9. The molecule has 0 aliphatic carbocycles. The van der Waals surface area contributed by atoms with E-state index in [1.165, 1.54) is 0 Å². The number of nitrogens with one attached hydrogen (secondary N) is 1. The Hall–Kier alpha value is -4.26. The average molecular weight is 469 g/mol. The molecule has 0 fully saturated rings. The first-order chi connectivity index (χ1) is 17.2. The lowest BCUT2D eigenvalue weighted by Gasteiger charge is -2.24. The van der Waals surface area contributed by atoms with Gasteiger partial charge in [0.05, 0.1) is 5.69 Å². The van der Waals surface area contributed by atoms with Crippen molar-refractivity contribution in [3.8, 4) is 34.1 Å². The van der Waals surface area contributed by atoms with Crippen molar-refractivity contribution in [3.05, 3.63) is 84.6 Å². The minimum atomic E-state index is -0.225. The van der Waals surface area contributed by atoms with Crippen LogP contribution in [-0.2, 0) is 6.54 Å². The molecule has 0 bridgehead atoms. The van der Waals surface area contributed by atoms with Gasteiger partial charge in [0.25, 0.3) is 5.91 Å². The Balaban J connectivity index is 1.62. The number of anilines is 1. The number of amides is 1. The molecule has 1 aliphatic heterocycles. The fraction of sp³-hybridized carbons (Fsp3) is 0.214. The summed E-state index contributed by atoms with van der Waals surface area (Å²) in [4.78, 5) is 18.8. The van der Waals surface area contributed by atoms with Gasteiger partial charge in [-0.25, -0.2) is 4.98 Å². The standard InChI is InChI=1S/C28H28N4O3/c1-3-31-26(28(33)30-32(4-2)22-13-9-6-10-14-22)25(29-27(31)20-11-7-5-8-12-20)21-15-16-23-24(19-21)35-18-17-34-23/h5-16,19H,3-4,17-18H2,1-2H3,(H,30,33). The van der Waals surface area contributed by atoms with E-state index < -0.39 is 0 Å². The normalized spacial score (nSPS) is 12.3. The molecule has 7 heteroatoms. The number of para-hydroxylation sites is 1. The molecule has 1 aromatic heterocycles. The molecule has 1 aliphatic rings. The van der Waals surface area contributed by atoms with E-state index in [-0.39, 0.29) is 5.91 Å². The second kappa shape index (κ2) is 9.93. The van der Waals surface area contributed by atoms with Gasteiger partial charge in [-0.3, -0.25) is 15.2 Å². The number of fused-ring (bicyclic) bond motifs is 1. The van der Waals surface area contributed by atoms with Crippen molar-refractivity contribution in [2.24, 2.45) is 0 Å². The van der Waals surface area contributed by atoms with Crippen LogP contribution in [-0.4, -0.2) is 35.2 Å². The van der Waals surface area contributed by atoms with Gasteiger partial charge in [0, 0.05) is 24.2 Å². The number of hydrogen-bond acceptors (Lipinski definition) is 5. The summed E-state index contributed by atoms with van der Waals surface area (Å²) < 4.78 is 13.5. The number of carbonyl (C=O) groups is 1. The maximum absolute atomic E-state index is 13.8. The van der Waals surface area contributed by atoms with Crippen LogP contribution in [0.2, 0.25) is 0 Å². The predicted molar refractivity (Wildman–Crippen MR) is 137 cm³/mol. The molecule has 0 saturated heterocycles. The third-order valence-electron chi connectivity index (χ3n) is 5.97. The zero-order valence-corrected chi connectivity index (χ0v) is 19.9. The number of ether oxygens (including phenoxy) is 2. The van der Waals surface area contributed by atoms with E-state index in [2.05, 4.69) is 5.43 Å². The zero-order valence-electron chi connectivity index (χ0n) is 19.9. The van der Waals surface area contributed by atoms with Crippen LogP contribution in [0.3, 0.4) is 0 Å². The predicted octanol–water partition coefficient (Wildman–Crippen LogP) is 5.18. The maximum atomic E-state index is 13.8. The van der Waals surface area contributed by atoms with Crippen LogP contribution in [0.15, 0.2) is 78.9 Å². The van der Waals surface area contributed by atoms with Gasteiger partial charge in [-0.2, -0.15) is 0 Å². The van der Waals surface area contributed by atoms with Crippen LogP contribution < -0.4 is 19.9 Å². The highest BCUT2D eigenvalue weighted by Crippen LogP contribution is 2.37. The van der Waals surface area contributed by atoms with Gasteiger partial charge in [-0.15, -0.1) is 0 Å². The van der Waals surface area contributed by atoms with Gasteiger partial charge >= 0.3 is 0 Å². The number of benzene rings is 3. The number of nitrogens with zero attached hydrogens (tertiary/aromatic N) is 3. The number of hydrazine groups is 1. The summed E-state index contributed by atoms with van der Waals surface area (Å²) in [5.41, 5.74) is 6.84. The van der Waals surface area contributed by atoms with Crippen LogP contribution in [0.4, 0.5) is 5.69 Å². The largest absolute Gasteiger partial charge is 0.486 e. The number of hydrogen-bond donors (Lipinski definition) is 1. The molecule has 178 valence electrons. The highest BCUT2D eigenvalue weighted by atomic mass is 16.6. The number of imidazole rings is 1. The molecule has 0 saturated carbocycles. The molecule has 5 rings (SSSR count). The van der Waals surface area contributed by atoms with Gasteiger partial charge < -0.3 is 14.0 Å². The molecule has 35 heavy (non-hydrogen) atoms. The van der Waals surface area contributed by atoms with Crippen LogP contribution in [0.1, 0.15) is 24.3 Å². The van der Waals surface area contributed by atoms with Gasteiger partial charge in [0.1, 0.15) is 30.4 Å². The van der Waals surface area contributed by atoms with E-state index in [1.807, 2.05) is 102 Å². The molecular formula is C28H28N4O3. The molecule has 1 amide bonds. The topological polar surface area (TPSA) is 68.6 Å². The number of aromatic nitrogens is 2. The lowest BCUT2D eigenvalue weighted by molar-refractivity contribution is 0.0941. The van der Waals surface area contributed by atoms with Crippen molar-refractivity contribution in [2.75, 3.05) is 24.8 Å². The lowest BCUT2D eigenvalue weighted by Crippen LogP contribution is -2.43. The Morgan fingerprint density at radius 2 is 1.60 bits per heavy atom. The monoisotopic (exact) mass is 468 g/mol. The summed E-state index contributed by atoms with van der Waals surface area (Å²) >= 11 is 0. The lowest BCUT2D eigenvalue weighted by atomic mass is 10.1. The average Bonchev–Trinajstić information content (AvgIpc) is 3.32. The molecule has 0 spiro atoms. The Labute approximate surface area is 204 Å². The highest BCUT2D eigenvalue weighted by Gasteiger charge is 2.26. The molecule has 0 atom stereocenters. The second-order valence-corrected chi connectivity index (χ2v) is 8.12. The number of carbonyl (C=O) groups excluding carboxylic acids is 1. The maximum Gasteiger partial charge on any atom is 0.288 e. The summed E-state index contributed by atoms with van der Waals surface area (Å²) in [7, 11) is 0. The van der Waals surface area contributed by atoms with Gasteiger partial charge in [0.2, 0.25) is 0 Å². The Bertz CT molecular complexity index is 1320. The Morgan fingerprint density at radius 1 is 0.914 bits per heavy atom. The summed E-state index contributed by atoms with van der Waals surface area (Å²) in [6, 6.07) is 25.4. The fourth-order valence-electron chi connectivity index (χ4n) is 4.30. The Kier molecular flexibility index (Phi) is 6.39. The summed E-state index contributed by atoms with van der Waals surface area (Å²) in [5.74, 6) is 1.88. The third kappa shape index (κ3) is 4.45. The van der Waals surface area contributed by atoms with Crippen molar-refractivity contribution in [3.63, 3.8) is 0 Å². The summed E-state index contributed by atoms with van der Waals surface area (Å²) in [6.45, 7) is 6.23.